The van der Waals surface area contributed by atoms with Gasteiger partial charge in [-0.3, -0.25) is 9.52 Å². The summed E-state index contributed by atoms with van der Waals surface area (Å²) in [5.74, 6) is -2.19. The second-order valence-corrected chi connectivity index (χ2v) is 15.7. The molecule has 2 aromatic rings. The van der Waals surface area contributed by atoms with Gasteiger partial charge in [0.15, 0.2) is 11.6 Å². The fraction of sp³-hybridized carbons (Fsp3) is 0.385. The van der Waals surface area contributed by atoms with Crippen LogP contribution >= 0.6 is 0 Å². The maximum absolute atomic E-state index is 14.5. The Morgan fingerprint density at radius 3 is 2.43 bits per heavy atom. The van der Waals surface area contributed by atoms with Crippen LogP contribution in [0.15, 0.2) is 57.3 Å². The van der Waals surface area contributed by atoms with E-state index in [-0.39, 0.29) is 52.0 Å². The first-order valence-corrected chi connectivity index (χ1v) is 18.0. The molecule has 0 saturated carbocycles. The molecule has 2 aromatic carbocycles. The summed E-state index contributed by atoms with van der Waals surface area (Å²) >= 11 is 0. The van der Waals surface area contributed by atoms with Crippen molar-refractivity contribution in [2.45, 2.75) is 37.1 Å². The number of hydrogen-bond donors (Lipinski definition) is 5. The molecular weight excluding hydrogens is 607 g/mol. The monoisotopic (exact) mass is 639 g/mol. The van der Waals surface area contributed by atoms with Crippen molar-refractivity contribution < 1.29 is 35.2 Å². The summed E-state index contributed by atoms with van der Waals surface area (Å²) in [4.78, 5) is 14.1. The molecular formula is C26H33N5O8S3. The molecule has 16 heteroatoms. The van der Waals surface area contributed by atoms with Crippen molar-refractivity contribution in [2.75, 3.05) is 35.6 Å². The molecule has 228 valence electrons. The van der Waals surface area contributed by atoms with Crippen LogP contribution < -0.4 is 20.1 Å². The number of nitrogens with zero attached hydrogens (tertiary/aromatic N) is 1. The number of aliphatic hydroxyl groups excluding tert-OH is 1. The fourth-order valence-corrected chi connectivity index (χ4v) is 7.98. The second kappa shape index (κ2) is 11.4. The van der Waals surface area contributed by atoms with Crippen LogP contribution in [0, 0.1) is 5.92 Å². The molecule has 0 spiro atoms. The van der Waals surface area contributed by atoms with Gasteiger partial charge in [-0.05, 0) is 49.6 Å². The van der Waals surface area contributed by atoms with E-state index in [1.165, 1.54) is 18.2 Å². The zero-order valence-electron chi connectivity index (χ0n) is 23.4. The second-order valence-electron chi connectivity index (χ2n) is 10.6. The number of amidine groups is 1. The van der Waals surface area contributed by atoms with Crippen molar-refractivity contribution in [3.05, 3.63) is 59.2 Å². The van der Waals surface area contributed by atoms with E-state index >= 15 is 0 Å². The van der Waals surface area contributed by atoms with E-state index in [4.69, 9.17) is 0 Å². The zero-order valence-corrected chi connectivity index (χ0v) is 25.9. The van der Waals surface area contributed by atoms with Gasteiger partial charge in [0, 0.05) is 17.8 Å². The van der Waals surface area contributed by atoms with Gasteiger partial charge in [-0.25, -0.2) is 16.8 Å². The quantitative estimate of drug-likeness (QED) is 0.242. The lowest BCUT2D eigenvalue weighted by molar-refractivity contribution is -0.121. The summed E-state index contributed by atoms with van der Waals surface area (Å²) < 4.78 is 84.9. The molecule has 1 aliphatic heterocycles. The molecule has 0 bridgehead atoms. The third-order valence-electron chi connectivity index (χ3n) is 6.80. The van der Waals surface area contributed by atoms with Gasteiger partial charge >= 0.3 is 0 Å². The molecule has 4 rings (SSSR count). The summed E-state index contributed by atoms with van der Waals surface area (Å²) in [5.41, 5.74) is -2.02. The highest BCUT2D eigenvalue weighted by Crippen LogP contribution is 2.43. The molecule has 42 heavy (non-hydrogen) atoms. The molecule has 0 amide bonds. The van der Waals surface area contributed by atoms with E-state index in [0.717, 1.165) is 12.3 Å². The van der Waals surface area contributed by atoms with E-state index < -0.39 is 58.6 Å². The van der Waals surface area contributed by atoms with E-state index in [9.17, 15) is 35.2 Å². The van der Waals surface area contributed by atoms with Crippen LogP contribution in [0.4, 0.5) is 11.4 Å². The minimum Gasteiger partial charge on any atom is -0.506 e. The van der Waals surface area contributed by atoms with Gasteiger partial charge < -0.3 is 15.7 Å². The van der Waals surface area contributed by atoms with Crippen LogP contribution in [0.2, 0.25) is 0 Å². The van der Waals surface area contributed by atoms with Crippen molar-refractivity contribution in [2.24, 2.45) is 10.3 Å². The Bertz CT molecular complexity index is 1820. The van der Waals surface area contributed by atoms with Gasteiger partial charge in [0.1, 0.15) is 21.8 Å². The topological polar surface area (TPSA) is 200 Å². The normalized spacial score (nSPS) is 20.0. The number of Topliss-reactive ketones (excluding diaryl/α,β-unsaturated/α-hetero) is 1. The lowest BCUT2D eigenvalue weighted by Crippen LogP contribution is -2.56. The van der Waals surface area contributed by atoms with Gasteiger partial charge in [0.25, 0.3) is 10.0 Å². The first-order chi connectivity index (χ1) is 19.5. The molecule has 0 radical (unpaired) electrons. The minimum absolute atomic E-state index is 0.0197. The Morgan fingerprint density at radius 1 is 1.10 bits per heavy atom. The van der Waals surface area contributed by atoms with Crippen LogP contribution in [0.25, 0.3) is 5.76 Å². The summed E-state index contributed by atoms with van der Waals surface area (Å²) in [6.07, 6.45) is 1.35. The Hall–Kier alpha value is -3.31. The zero-order chi connectivity index (χ0) is 31.1. The average molecular weight is 640 g/mol. The SMILES string of the molecule is CNCCS(=O)(=O)NC1(CCC(C)C)C(=O)C(C2=NS(=O)(=O)c3cc(NS(C)(=O)=O)ccc3N2)=C(O)c2ccccc21. The third kappa shape index (κ3) is 6.36. The number of rotatable bonds is 11. The molecule has 1 unspecified atom stereocenters. The number of ketones is 1. The predicted octanol–water partition coefficient (Wildman–Crippen LogP) is 1.89. The Labute approximate surface area is 245 Å². The smallest absolute Gasteiger partial charge is 0.286 e. The first-order valence-electron chi connectivity index (χ1n) is 13.0. The summed E-state index contributed by atoms with van der Waals surface area (Å²) in [6, 6.07) is 9.98. The molecule has 1 heterocycles. The number of aliphatic hydroxyl groups is 1. The van der Waals surface area contributed by atoms with Crippen LogP contribution in [-0.2, 0) is 40.4 Å². The van der Waals surface area contributed by atoms with Crippen molar-refractivity contribution in [3.8, 4) is 0 Å². The lowest BCUT2D eigenvalue weighted by atomic mass is 9.72. The lowest BCUT2D eigenvalue weighted by Gasteiger charge is -2.39. The van der Waals surface area contributed by atoms with Crippen LogP contribution in [0.1, 0.15) is 37.8 Å². The molecule has 0 aromatic heterocycles. The Balaban J connectivity index is 1.90. The van der Waals surface area contributed by atoms with Crippen molar-refractivity contribution in [1.82, 2.24) is 10.0 Å². The molecule has 1 atom stereocenters. The Morgan fingerprint density at radius 2 is 1.79 bits per heavy atom. The highest BCUT2D eigenvalue weighted by Gasteiger charge is 2.51. The maximum Gasteiger partial charge on any atom is 0.286 e. The maximum atomic E-state index is 14.5. The number of benzene rings is 2. The summed E-state index contributed by atoms with van der Waals surface area (Å²) in [5, 5.41) is 16.9. The molecule has 0 fully saturated rings. The number of carbonyl (C=O) groups excluding carboxylic acids is 1. The largest absolute Gasteiger partial charge is 0.506 e. The number of nitrogens with one attached hydrogen (secondary N) is 4. The van der Waals surface area contributed by atoms with E-state index in [1.807, 2.05) is 13.8 Å². The number of carbonyl (C=O) groups is 1. The minimum atomic E-state index is -4.51. The highest BCUT2D eigenvalue weighted by molar-refractivity contribution is 7.92. The van der Waals surface area contributed by atoms with Gasteiger partial charge in [0.2, 0.25) is 20.0 Å². The van der Waals surface area contributed by atoms with E-state index in [2.05, 4.69) is 24.5 Å². The van der Waals surface area contributed by atoms with Gasteiger partial charge in [-0.1, -0.05) is 38.1 Å². The Kier molecular flexibility index (Phi) is 8.59. The first kappa shape index (κ1) is 31.6. The van der Waals surface area contributed by atoms with Crippen LogP contribution in [0.5, 0.6) is 0 Å². The third-order valence-corrected chi connectivity index (χ3v) is 10.1. The fourth-order valence-electron chi connectivity index (χ4n) is 4.86. The number of anilines is 2. The number of fused-ring (bicyclic) bond motifs is 2. The van der Waals surface area contributed by atoms with Gasteiger partial charge in [-0.15, -0.1) is 4.40 Å². The number of sulfonamides is 3. The predicted molar refractivity (Wildman–Crippen MR) is 161 cm³/mol. The summed E-state index contributed by atoms with van der Waals surface area (Å²) in [7, 11) is -10.7. The van der Waals surface area contributed by atoms with Crippen LogP contribution in [0.3, 0.4) is 0 Å². The molecule has 5 N–H and O–H groups in total. The van der Waals surface area contributed by atoms with Gasteiger partial charge in [-0.2, -0.15) is 13.1 Å². The van der Waals surface area contributed by atoms with Gasteiger partial charge in [0.05, 0.1) is 17.7 Å². The highest BCUT2D eigenvalue weighted by atomic mass is 32.2. The standard InChI is InChI=1S/C26H33N5O8S3/c1-16(2)11-12-26(31-41(36,37)14-13-27-3)19-8-6-5-7-18(19)23(32)22(24(26)33)25-28-20-10-9-17(29-40(4,34)35)15-21(20)42(38,39)30-25/h5-10,15-16,27,29,31-32H,11-14H2,1-4H3,(H,28,30). The average Bonchev–Trinajstić information content (AvgIpc) is 2.88. The van der Waals surface area contributed by atoms with E-state index in [1.54, 1.807) is 25.2 Å². The molecule has 0 saturated heterocycles. The van der Waals surface area contributed by atoms with Crippen molar-refractivity contribution in [1.29, 1.82) is 0 Å². The van der Waals surface area contributed by atoms with Crippen LogP contribution in [-0.4, -0.2) is 67.6 Å². The van der Waals surface area contributed by atoms with Crippen molar-refractivity contribution in [3.63, 3.8) is 0 Å². The van der Waals surface area contributed by atoms with Crippen molar-refractivity contribution >= 4 is 58.8 Å². The molecule has 1 aliphatic carbocycles. The summed E-state index contributed by atoms with van der Waals surface area (Å²) in [6.45, 7) is 3.94. The number of hydrogen-bond acceptors (Lipinski definition) is 10. The van der Waals surface area contributed by atoms with E-state index in [0.29, 0.717) is 6.42 Å². The molecule has 2 aliphatic rings. The molecule has 13 nitrogen and oxygen atoms in total.